The van der Waals surface area contributed by atoms with Crippen molar-refractivity contribution < 1.29 is 13.2 Å². The normalized spacial score (nSPS) is 20.6. The summed E-state index contributed by atoms with van der Waals surface area (Å²) in [5.41, 5.74) is 0. The van der Waals surface area contributed by atoms with Gasteiger partial charge in [-0.2, -0.15) is 4.31 Å². The van der Waals surface area contributed by atoms with E-state index in [1.54, 1.807) is 28.6 Å². The van der Waals surface area contributed by atoms with Gasteiger partial charge in [0.1, 0.15) is 0 Å². The first-order chi connectivity index (χ1) is 12.1. The maximum atomic E-state index is 12.6. The summed E-state index contributed by atoms with van der Waals surface area (Å²) < 4.78 is 26.8. The van der Waals surface area contributed by atoms with Crippen LogP contribution in [-0.4, -0.2) is 38.3 Å². The van der Waals surface area contributed by atoms with E-state index in [4.69, 9.17) is 0 Å². The molecule has 1 saturated carbocycles. The van der Waals surface area contributed by atoms with Crippen molar-refractivity contribution in [2.24, 2.45) is 11.8 Å². The first-order valence-corrected chi connectivity index (χ1v) is 10.8. The van der Waals surface area contributed by atoms with Gasteiger partial charge >= 0.3 is 0 Å². The molecule has 0 unspecified atom stereocenters. The fraction of sp³-hybridized carbons (Fsp3) is 0.632. The van der Waals surface area contributed by atoms with Gasteiger partial charge in [0, 0.05) is 26.1 Å². The zero-order chi connectivity index (χ0) is 17.7. The molecular weight excluding hydrogens is 336 g/mol. The summed E-state index contributed by atoms with van der Waals surface area (Å²) >= 11 is 0. The molecule has 0 radical (unpaired) electrons. The fourth-order valence-electron chi connectivity index (χ4n) is 3.90. The number of benzene rings is 1. The van der Waals surface area contributed by atoms with Gasteiger partial charge < -0.3 is 5.32 Å². The number of sulfonamides is 1. The van der Waals surface area contributed by atoms with E-state index in [2.05, 4.69) is 5.32 Å². The Morgan fingerprint density at radius 3 is 2.28 bits per heavy atom. The second-order valence-electron chi connectivity index (χ2n) is 7.32. The van der Waals surface area contributed by atoms with Crippen LogP contribution < -0.4 is 5.32 Å². The number of nitrogens with one attached hydrogen (secondary N) is 1. The third kappa shape index (κ3) is 4.82. The van der Waals surface area contributed by atoms with Gasteiger partial charge in [0.25, 0.3) is 0 Å². The highest BCUT2D eigenvalue weighted by atomic mass is 32.2. The summed E-state index contributed by atoms with van der Waals surface area (Å²) in [7, 11) is -3.39. The van der Waals surface area contributed by atoms with Crippen molar-refractivity contribution >= 4 is 15.9 Å². The molecule has 1 heterocycles. The average molecular weight is 365 g/mol. The zero-order valence-corrected chi connectivity index (χ0v) is 15.5. The summed E-state index contributed by atoms with van der Waals surface area (Å²) in [6.07, 6.45) is 7.14. The molecule has 2 aliphatic rings. The molecule has 0 bridgehead atoms. The first-order valence-electron chi connectivity index (χ1n) is 9.37. The van der Waals surface area contributed by atoms with Crippen molar-refractivity contribution in [1.82, 2.24) is 9.62 Å². The average Bonchev–Trinajstić information content (AvgIpc) is 3.14. The molecule has 1 aromatic carbocycles. The van der Waals surface area contributed by atoms with E-state index in [0.29, 0.717) is 42.8 Å². The third-order valence-electron chi connectivity index (χ3n) is 5.49. The highest BCUT2D eigenvalue weighted by Gasteiger charge is 2.29. The van der Waals surface area contributed by atoms with Crippen molar-refractivity contribution in [3.05, 3.63) is 30.3 Å². The van der Waals surface area contributed by atoms with Crippen LogP contribution in [0.4, 0.5) is 0 Å². The number of rotatable bonds is 6. The standard InChI is InChI=1S/C19H28N2O3S/c22-19(14-16-6-4-5-7-16)20-15-17-10-12-21(13-11-17)25(23,24)18-8-2-1-3-9-18/h1-3,8-9,16-17H,4-7,10-15H2,(H,20,22). The minimum atomic E-state index is -3.39. The van der Waals surface area contributed by atoms with E-state index in [1.807, 2.05) is 6.07 Å². The molecule has 3 rings (SSSR count). The molecular formula is C19H28N2O3S. The topological polar surface area (TPSA) is 66.5 Å². The molecule has 2 fully saturated rings. The van der Waals surface area contributed by atoms with Crippen molar-refractivity contribution in [3.63, 3.8) is 0 Å². The number of piperidine rings is 1. The molecule has 1 aliphatic carbocycles. The molecule has 6 heteroatoms. The SMILES string of the molecule is O=C(CC1CCCC1)NCC1CCN(S(=O)(=O)c2ccccc2)CC1. The second-order valence-corrected chi connectivity index (χ2v) is 9.26. The van der Waals surface area contributed by atoms with E-state index in [0.717, 1.165) is 12.8 Å². The highest BCUT2D eigenvalue weighted by molar-refractivity contribution is 7.89. The molecule has 0 spiro atoms. The number of amides is 1. The van der Waals surface area contributed by atoms with Gasteiger partial charge in [-0.05, 0) is 49.7 Å². The molecule has 5 nitrogen and oxygen atoms in total. The van der Waals surface area contributed by atoms with Gasteiger partial charge in [0.15, 0.2) is 0 Å². The monoisotopic (exact) mass is 364 g/mol. The summed E-state index contributed by atoms with van der Waals surface area (Å²) in [6, 6.07) is 8.61. The lowest BCUT2D eigenvalue weighted by molar-refractivity contribution is -0.122. The van der Waals surface area contributed by atoms with E-state index in [-0.39, 0.29) is 5.91 Å². The van der Waals surface area contributed by atoms with Crippen LogP contribution in [0, 0.1) is 11.8 Å². The Morgan fingerprint density at radius 1 is 1.00 bits per heavy atom. The van der Waals surface area contributed by atoms with Gasteiger partial charge in [-0.3, -0.25) is 4.79 Å². The van der Waals surface area contributed by atoms with Crippen LogP contribution in [0.15, 0.2) is 35.2 Å². The van der Waals surface area contributed by atoms with Gasteiger partial charge in [0.05, 0.1) is 4.90 Å². The Kier molecular flexibility index (Phi) is 6.12. The molecule has 0 aromatic heterocycles. The number of carbonyl (C=O) groups excluding carboxylic acids is 1. The molecule has 1 aromatic rings. The van der Waals surface area contributed by atoms with Crippen LogP contribution in [0.3, 0.4) is 0 Å². The Bertz CT molecular complexity index is 661. The Morgan fingerprint density at radius 2 is 1.64 bits per heavy atom. The Balaban J connectivity index is 1.43. The van der Waals surface area contributed by atoms with Crippen molar-refractivity contribution in [3.8, 4) is 0 Å². The van der Waals surface area contributed by atoms with Gasteiger partial charge in [-0.1, -0.05) is 31.0 Å². The minimum Gasteiger partial charge on any atom is -0.356 e. The molecule has 1 N–H and O–H groups in total. The van der Waals surface area contributed by atoms with Gasteiger partial charge in [-0.25, -0.2) is 8.42 Å². The Hall–Kier alpha value is -1.40. The lowest BCUT2D eigenvalue weighted by atomic mass is 9.97. The maximum absolute atomic E-state index is 12.6. The molecule has 1 aliphatic heterocycles. The van der Waals surface area contributed by atoms with Crippen molar-refractivity contribution in [1.29, 1.82) is 0 Å². The van der Waals surface area contributed by atoms with Crippen LogP contribution in [0.25, 0.3) is 0 Å². The van der Waals surface area contributed by atoms with Crippen LogP contribution in [-0.2, 0) is 14.8 Å². The molecule has 0 atom stereocenters. The Labute approximate surface area is 150 Å². The summed E-state index contributed by atoms with van der Waals surface area (Å²) in [5, 5.41) is 3.06. The van der Waals surface area contributed by atoms with Crippen molar-refractivity contribution in [2.75, 3.05) is 19.6 Å². The van der Waals surface area contributed by atoms with Crippen LogP contribution >= 0.6 is 0 Å². The third-order valence-corrected chi connectivity index (χ3v) is 7.40. The smallest absolute Gasteiger partial charge is 0.243 e. The van der Waals surface area contributed by atoms with Crippen molar-refractivity contribution in [2.45, 2.75) is 49.8 Å². The van der Waals surface area contributed by atoms with Crippen LogP contribution in [0.5, 0.6) is 0 Å². The lowest BCUT2D eigenvalue weighted by Crippen LogP contribution is -2.41. The van der Waals surface area contributed by atoms with Crippen LogP contribution in [0.1, 0.15) is 44.9 Å². The number of carbonyl (C=O) groups is 1. The quantitative estimate of drug-likeness (QED) is 0.844. The van der Waals surface area contributed by atoms with E-state index >= 15 is 0 Å². The fourth-order valence-corrected chi connectivity index (χ4v) is 5.39. The first kappa shape index (κ1) is 18.4. The molecule has 1 amide bonds. The summed E-state index contributed by atoms with van der Waals surface area (Å²) in [5.74, 6) is 1.10. The summed E-state index contributed by atoms with van der Waals surface area (Å²) in [6.45, 7) is 1.73. The number of hydrogen-bond acceptors (Lipinski definition) is 3. The second kappa shape index (κ2) is 8.32. The number of nitrogens with zero attached hydrogens (tertiary/aromatic N) is 1. The number of hydrogen-bond donors (Lipinski definition) is 1. The minimum absolute atomic E-state index is 0.159. The lowest BCUT2D eigenvalue weighted by Gasteiger charge is -2.31. The predicted molar refractivity (Wildman–Crippen MR) is 97.5 cm³/mol. The molecule has 1 saturated heterocycles. The van der Waals surface area contributed by atoms with Crippen LogP contribution in [0.2, 0.25) is 0 Å². The van der Waals surface area contributed by atoms with E-state index in [9.17, 15) is 13.2 Å². The highest BCUT2D eigenvalue weighted by Crippen LogP contribution is 2.27. The summed E-state index contributed by atoms with van der Waals surface area (Å²) in [4.78, 5) is 12.4. The van der Waals surface area contributed by atoms with E-state index in [1.165, 1.54) is 25.7 Å². The molecule has 138 valence electrons. The van der Waals surface area contributed by atoms with E-state index < -0.39 is 10.0 Å². The maximum Gasteiger partial charge on any atom is 0.243 e. The van der Waals surface area contributed by atoms with Gasteiger partial charge in [0.2, 0.25) is 15.9 Å². The molecule has 25 heavy (non-hydrogen) atoms. The zero-order valence-electron chi connectivity index (χ0n) is 14.7. The predicted octanol–water partition coefficient (Wildman–Crippen LogP) is 2.78. The van der Waals surface area contributed by atoms with Gasteiger partial charge in [-0.15, -0.1) is 0 Å². The largest absolute Gasteiger partial charge is 0.356 e.